The fourth-order valence-corrected chi connectivity index (χ4v) is 0.961. The highest BCUT2D eigenvalue weighted by molar-refractivity contribution is 5.67. The quantitative estimate of drug-likeness (QED) is 0.681. The lowest BCUT2D eigenvalue weighted by Gasteiger charge is -2.18. The molecule has 0 saturated heterocycles. The summed E-state index contributed by atoms with van der Waals surface area (Å²) in [6.45, 7) is 5.68. The monoisotopic (exact) mass is 226 g/mol. The normalized spacial score (nSPS) is 10.2. The summed E-state index contributed by atoms with van der Waals surface area (Å²) in [6.07, 6.45) is 0. The third-order valence-corrected chi connectivity index (χ3v) is 1.87. The Labute approximate surface area is 95.2 Å². The minimum absolute atomic E-state index is 0.174. The molecule has 0 atom stereocenters. The van der Waals surface area contributed by atoms with Crippen LogP contribution in [0.3, 0.4) is 0 Å². The zero-order valence-electron chi connectivity index (χ0n) is 9.77. The molecule has 3 N–H and O–H groups in total. The summed E-state index contributed by atoms with van der Waals surface area (Å²) in [7, 11) is 0. The first-order chi connectivity index (χ1) is 7.27. The minimum Gasteiger partial charge on any atom is -0.508 e. The summed E-state index contributed by atoms with van der Waals surface area (Å²) in [5, 5.41) is 24.0. The van der Waals surface area contributed by atoms with Gasteiger partial charge >= 0.3 is 5.97 Å². The van der Waals surface area contributed by atoms with Crippen molar-refractivity contribution >= 4 is 5.97 Å². The van der Waals surface area contributed by atoms with Crippen LogP contribution in [0.2, 0.25) is 0 Å². The maximum atomic E-state index is 9.12. The van der Waals surface area contributed by atoms with E-state index in [1.165, 1.54) is 5.56 Å². The van der Waals surface area contributed by atoms with Gasteiger partial charge in [0, 0.05) is 0 Å². The number of rotatable bonds is 1. The molecule has 0 aliphatic carbocycles. The van der Waals surface area contributed by atoms with E-state index in [1.54, 1.807) is 12.1 Å². The van der Waals surface area contributed by atoms with E-state index >= 15 is 0 Å². The van der Waals surface area contributed by atoms with Gasteiger partial charge in [-0.05, 0) is 23.1 Å². The first-order valence-corrected chi connectivity index (χ1v) is 4.89. The number of phenols is 1. The van der Waals surface area contributed by atoms with Gasteiger partial charge in [0.1, 0.15) is 12.4 Å². The van der Waals surface area contributed by atoms with E-state index in [0.29, 0.717) is 5.75 Å². The molecule has 90 valence electrons. The number of carboxylic acids is 1. The van der Waals surface area contributed by atoms with Crippen molar-refractivity contribution in [1.29, 1.82) is 0 Å². The van der Waals surface area contributed by atoms with Crippen LogP contribution >= 0.6 is 0 Å². The summed E-state index contributed by atoms with van der Waals surface area (Å²) >= 11 is 0. The van der Waals surface area contributed by atoms with Gasteiger partial charge in [-0.25, -0.2) is 4.79 Å². The summed E-state index contributed by atoms with van der Waals surface area (Å²) in [4.78, 5) is 9.12. The highest BCUT2D eigenvalue weighted by Crippen LogP contribution is 2.23. The van der Waals surface area contributed by atoms with Crippen molar-refractivity contribution in [3.8, 4) is 5.75 Å². The van der Waals surface area contributed by atoms with Gasteiger partial charge in [-0.3, -0.25) is 0 Å². The van der Waals surface area contributed by atoms with E-state index in [1.807, 2.05) is 12.1 Å². The van der Waals surface area contributed by atoms with Gasteiger partial charge < -0.3 is 15.3 Å². The number of carbonyl (C=O) groups is 1. The third kappa shape index (κ3) is 6.03. The number of aliphatic hydroxyl groups excluding tert-OH is 1. The van der Waals surface area contributed by atoms with Crippen LogP contribution < -0.4 is 0 Å². The Hall–Kier alpha value is -1.55. The van der Waals surface area contributed by atoms with Crippen molar-refractivity contribution in [3.05, 3.63) is 29.8 Å². The zero-order valence-corrected chi connectivity index (χ0v) is 9.77. The molecule has 1 rings (SSSR count). The molecule has 0 radical (unpaired) electrons. The lowest BCUT2D eigenvalue weighted by atomic mass is 9.87. The van der Waals surface area contributed by atoms with E-state index in [0.717, 1.165) is 0 Å². The van der Waals surface area contributed by atoms with E-state index in [2.05, 4.69) is 20.8 Å². The number of carboxylic acid groups (broad SMARTS) is 1. The van der Waals surface area contributed by atoms with Crippen molar-refractivity contribution in [2.24, 2.45) is 0 Å². The van der Waals surface area contributed by atoms with Gasteiger partial charge in [-0.2, -0.15) is 0 Å². The first-order valence-electron chi connectivity index (χ1n) is 4.89. The fourth-order valence-electron chi connectivity index (χ4n) is 0.961. The van der Waals surface area contributed by atoms with Gasteiger partial charge in [-0.1, -0.05) is 32.9 Å². The summed E-state index contributed by atoms with van der Waals surface area (Å²) in [5.74, 6) is -0.858. The van der Waals surface area contributed by atoms with Crippen molar-refractivity contribution in [2.45, 2.75) is 26.2 Å². The molecule has 0 bridgehead atoms. The summed E-state index contributed by atoms with van der Waals surface area (Å²) in [6, 6.07) is 7.35. The van der Waals surface area contributed by atoms with E-state index < -0.39 is 12.6 Å². The maximum Gasteiger partial charge on any atom is 0.329 e. The van der Waals surface area contributed by atoms with Crippen LogP contribution in [0.4, 0.5) is 0 Å². The second kappa shape index (κ2) is 6.12. The molecule has 0 saturated carbocycles. The lowest BCUT2D eigenvalue weighted by molar-refractivity contribution is -0.140. The minimum atomic E-state index is -1.19. The number of hydrogen-bond donors (Lipinski definition) is 3. The average molecular weight is 226 g/mol. The van der Waals surface area contributed by atoms with Crippen LogP contribution in [0.5, 0.6) is 5.75 Å². The Morgan fingerprint density at radius 1 is 1.19 bits per heavy atom. The maximum absolute atomic E-state index is 9.12. The van der Waals surface area contributed by atoms with E-state index in [-0.39, 0.29) is 5.41 Å². The molecule has 0 heterocycles. The van der Waals surface area contributed by atoms with Gasteiger partial charge in [0.05, 0.1) is 0 Å². The molecule has 1 aromatic carbocycles. The topological polar surface area (TPSA) is 77.8 Å². The van der Waals surface area contributed by atoms with Gasteiger partial charge in [0.2, 0.25) is 0 Å². The Morgan fingerprint density at radius 3 is 1.81 bits per heavy atom. The zero-order chi connectivity index (χ0) is 12.8. The average Bonchev–Trinajstić information content (AvgIpc) is 2.18. The van der Waals surface area contributed by atoms with Crippen molar-refractivity contribution in [1.82, 2.24) is 0 Å². The highest BCUT2D eigenvalue weighted by atomic mass is 16.4. The Bertz CT molecular complexity index is 322. The number of hydrogen-bond acceptors (Lipinski definition) is 3. The standard InChI is InChI=1S/C10H14O.C2H4O3/c1-10(2,3)8-4-6-9(11)7-5-8;3-1-2(4)5/h4-7,11H,1-3H3;3H,1H2,(H,4,5). The SMILES string of the molecule is CC(C)(C)c1ccc(O)cc1.O=C(O)CO. The number of aliphatic hydroxyl groups is 1. The Kier molecular flexibility index (Phi) is 5.53. The van der Waals surface area contributed by atoms with E-state index in [9.17, 15) is 0 Å². The van der Waals surface area contributed by atoms with Crippen molar-refractivity contribution in [3.63, 3.8) is 0 Å². The van der Waals surface area contributed by atoms with Crippen LogP contribution in [-0.2, 0) is 10.2 Å². The molecule has 0 spiro atoms. The number of benzene rings is 1. The van der Waals surface area contributed by atoms with Crippen LogP contribution in [0.1, 0.15) is 26.3 Å². The molecule has 0 amide bonds. The van der Waals surface area contributed by atoms with Crippen molar-refractivity contribution < 1.29 is 20.1 Å². The molecule has 0 aromatic heterocycles. The molecule has 0 unspecified atom stereocenters. The predicted molar refractivity (Wildman–Crippen MR) is 61.5 cm³/mol. The van der Waals surface area contributed by atoms with Gasteiger partial charge in [0.15, 0.2) is 0 Å². The highest BCUT2D eigenvalue weighted by Gasteiger charge is 2.12. The smallest absolute Gasteiger partial charge is 0.329 e. The van der Waals surface area contributed by atoms with E-state index in [4.69, 9.17) is 20.1 Å². The first kappa shape index (κ1) is 14.5. The Balaban J connectivity index is 0.000000385. The molecular weight excluding hydrogens is 208 g/mol. The van der Waals surface area contributed by atoms with Crippen LogP contribution in [0, 0.1) is 0 Å². The number of phenolic OH excluding ortho intramolecular Hbond substituents is 1. The molecule has 4 heteroatoms. The molecule has 1 aromatic rings. The fraction of sp³-hybridized carbons (Fsp3) is 0.417. The lowest BCUT2D eigenvalue weighted by Crippen LogP contribution is -2.10. The molecular formula is C12H18O4. The molecule has 16 heavy (non-hydrogen) atoms. The third-order valence-electron chi connectivity index (χ3n) is 1.87. The largest absolute Gasteiger partial charge is 0.508 e. The summed E-state index contributed by atoms with van der Waals surface area (Å²) < 4.78 is 0. The molecule has 0 aliphatic rings. The second-order valence-corrected chi connectivity index (χ2v) is 4.35. The number of aliphatic carboxylic acids is 1. The summed E-state index contributed by atoms with van der Waals surface area (Å²) in [5.41, 5.74) is 1.42. The van der Waals surface area contributed by atoms with Crippen molar-refractivity contribution in [2.75, 3.05) is 6.61 Å². The van der Waals surface area contributed by atoms with Gasteiger partial charge in [0.25, 0.3) is 0 Å². The molecule has 0 fully saturated rings. The predicted octanol–water partition coefficient (Wildman–Crippen LogP) is 1.75. The second-order valence-electron chi connectivity index (χ2n) is 4.35. The van der Waals surface area contributed by atoms with Gasteiger partial charge in [-0.15, -0.1) is 0 Å². The van der Waals surface area contributed by atoms with Crippen LogP contribution in [0.25, 0.3) is 0 Å². The molecule has 0 aliphatic heterocycles. The van der Waals surface area contributed by atoms with Crippen LogP contribution in [-0.4, -0.2) is 27.9 Å². The number of aromatic hydroxyl groups is 1. The van der Waals surface area contributed by atoms with Crippen LogP contribution in [0.15, 0.2) is 24.3 Å². The Morgan fingerprint density at radius 2 is 1.56 bits per heavy atom. The molecule has 4 nitrogen and oxygen atoms in total.